The first kappa shape index (κ1) is 11.8. The highest BCUT2D eigenvalue weighted by Crippen LogP contribution is 2.31. The molecule has 1 aliphatic heterocycles. The van der Waals surface area contributed by atoms with Crippen LogP contribution in [0.1, 0.15) is 26.2 Å². The summed E-state index contributed by atoms with van der Waals surface area (Å²) >= 11 is 0. The summed E-state index contributed by atoms with van der Waals surface area (Å²) in [5, 5.41) is 0. The maximum Gasteiger partial charge on any atom is 0.511 e. The van der Waals surface area contributed by atoms with E-state index in [2.05, 4.69) is 0 Å². The number of alkyl halides is 3. The van der Waals surface area contributed by atoms with Crippen LogP contribution in [-0.4, -0.2) is 30.8 Å². The Morgan fingerprint density at radius 3 is 2.29 bits per heavy atom. The maximum absolute atomic E-state index is 12.2. The molecule has 0 aromatic carbocycles. The van der Waals surface area contributed by atoms with Crippen molar-refractivity contribution >= 4 is 10.0 Å². The van der Waals surface area contributed by atoms with Gasteiger partial charge < -0.3 is 0 Å². The second-order valence-corrected chi connectivity index (χ2v) is 5.29. The van der Waals surface area contributed by atoms with Gasteiger partial charge in [-0.05, 0) is 19.8 Å². The predicted octanol–water partition coefficient (Wildman–Crippen LogP) is 1.71. The molecule has 3 nitrogen and oxygen atoms in total. The van der Waals surface area contributed by atoms with E-state index in [-0.39, 0.29) is 6.54 Å². The Balaban J connectivity index is 2.92. The summed E-state index contributed by atoms with van der Waals surface area (Å²) in [5.74, 6) is 0. The van der Waals surface area contributed by atoms with Crippen LogP contribution in [0.2, 0.25) is 0 Å². The third-order valence-corrected chi connectivity index (χ3v) is 4.09. The van der Waals surface area contributed by atoms with Crippen molar-refractivity contribution < 1.29 is 21.6 Å². The first-order chi connectivity index (χ1) is 6.27. The number of nitrogens with zero attached hydrogens (tertiary/aromatic N) is 1. The summed E-state index contributed by atoms with van der Waals surface area (Å²) in [4.78, 5) is 0. The van der Waals surface area contributed by atoms with Crippen molar-refractivity contribution in [3.63, 3.8) is 0 Å². The van der Waals surface area contributed by atoms with Crippen LogP contribution in [-0.2, 0) is 10.0 Å². The average Bonchev–Trinajstić information content (AvgIpc) is 2.02. The number of hydrogen-bond donors (Lipinski definition) is 0. The largest absolute Gasteiger partial charge is 0.511 e. The number of piperidine rings is 1. The van der Waals surface area contributed by atoms with Crippen LogP contribution < -0.4 is 0 Å². The van der Waals surface area contributed by atoms with Gasteiger partial charge in [0.05, 0.1) is 0 Å². The van der Waals surface area contributed by atoms with Gasteiger partial charge in [-0.2, -0.15) is 17.5 Å². The van der Waals surface area contributed by atoms with E-state index in [4.69, 9.17) is 0 Å². The highest BCUT2D eigenvalue weighted by molar-refractivity contribution is 7.90. The molecule has 1 rings (SSSR count). The molecule has 1 heterocycles. The van der Waals surface area contributed by atoms with Crippen molar-refractivity contribution in [2.45, 2.75) is 37.7 Å². The van der Waals surface area contributed by atoms with Crippen LogP contribution in [0.5, 0.6) is 0 Å². The predicted molar refractivity (Wildman–Crippen MR) is 45.0 cm³/mol. The first-order valence-corrected chi connectivity index (χ1v) is 5.79. The topological polar surface area (TPSA) is 37.4 Å². The Hall–Kier alpha value is -0.300. The summed E-state index contributed by atoms with van der Waals surface area (Å²) in [6.45, 7) is 1.48. The summed E-state index contributed by atoms with van der Waals surface area (Å²) in [6, 6.07) is -0.546. The Morgan fingerprint density at radius 2 is 1.86 bits per heavy atom. The van der Waals surface area contributed by atoms with Crippen molar-refractivity contribution in [1.82, 2.24) is 4.31 Å². The molecule has 1 saturated heterocycles. The molecule has 0 aromatic rings. The van der Waals surface area contributed by atoms with Crippen molar-refractivity contribution in [3.05, 3.63) is 0 Å². The molecule has 0 bridgehead atoms. The molecule has 0 N–H and O–H groups in total. The molecule has 0 spiro atoms. The molecule has 14 heavy (non-hydrogen) atoms. The zero-order chi connectivity index (χ0) is 11.0. The van der Waals surface area contributed by atoms with E-state index in [1.165, 1.54) is 6.92 Å². The van der Waals surface area contributed by atoms with Crippen LogP contribution in [0.25, 0.3) is 0 Å². The Bertz CT molecular complexity index is 299. The molecule has 0 aromatic heterocycles. The van der Waals surface area contributed by atoms with Crippen LogP contribution in [0.3, 0.4) is 0 Å². The van der Waals surface area contributed by atoms with Gasteiger partial charge in [0.25, 0.3) is 0 Å². The van der Waals surface area contributed by atoms with E-state index in [0.717, 1.165) is 6.42 Å². The van der Waals surface area contributed by atoms with Gasteiger partial charge >= 0.3 is 15.5 Å². The van der Waals surface area contributed by atoms with Crippen LogP contribution >= 0.6 is 0 Å². The second-order valence-electron chi connectivity index (χ2n) is 3.41. The molecule has 1 fully saturated rings. The molecule has 7 heteroatoms. The summed E-state index contributed by atoms with van der Waals surface area (Å²) < 4.78 is 59.1. The van der Waals surface area contributed by atoms with Gasteiger partial charge in [0, 0.05) is 12.6 Å². The summed E-state index contributed by atoms with van der Waals surface area (Å²) in [6.07, 6.45) is 1.78. The fourth-order valence-corrected chi connectivity index (χ4v) is 2.78. The van der Waals surface area contributed by atoms with Gasteiger partial charge in [0.1, 0.15) is 0 Å². The second kappa shape index (κ2) is 3.69. The molecular weight excluding hydrogens is 219 g/mol. The fraction of sp³-hybridized carbons (Fsp3) is 1.00. The van der Waals surface area contributed by atoms with Crippen molar-refractivity contribution in [3.8, 4) is 0 Å². The van der Waals surface area contributed by atoms with Gasteiger partial charge in [-0.3, -0.25) is 0 Å². The number of sulfonamides is 1. The highest BCUT2D eigenvalue weighted by Gasteiger charge is 2.51. The standard InChI is InChI=1S/C7H12F3NO2S/c1-6-4-2-3-5-11(6)14(12,13)7(8,9)10/h6H,2-5H2,1H3. The third-order valence-electron chi connectivity index (χ3n) is 2.34. The normalized spacial score (nSPS) is 26.4. The minimum Gasteiger partial charge on any atom is -0.203 e. The van der Waals surface area contributed by atoms with Gasteiger partial charge in [-0.1, -0.05) is 6.42 Å². The monoisotopic (exact) mass is 231 g/mol. The highest BCUT2D eigenvalue weighted by atomic mass is 32.2. The molecule has 1 unspecified atom stereocenters. The molecule has 84 valence electrons. The minimum atomic E-state index is -5.17. The van der Waals surface area contributed by atoms with Crippen molar-refractivity contribution in [2.75, 3.05) is 6.54 Å². The Morgan fingerprint density at radius 1 is 1.29 bits per heavy atom. The van der Waals surface area contributed by atoms with E-state index in [1.807, 2.05) is 0 Å². The lowest BCUT2D eigenvalue weighted by molar-refractivity contribution is -0.0506. The van der Waals surface area contributed by atoms with Gasteiger partial charge in [-0.25, -0.2) is 8.42 Å². The van der Waals surface area contributed by atoms with E-state index in [9.17, 15) is 21.6 Å². The Labute approximate surface area is 80.9 Å². The van der Waals surface area contributed by atoms with Gasteiger partial charge in [-0.15, -0.1) is 0 Å². The number of halogens is 3. The van der Waals surface area contributed by atoms with Crippen LogP contribution in [0.15, 0.2) is 0 Å². The van der Waals surface area contributed by atoms with Gasteiger partial charge in [0.15, 0.2) is 0 Å². The molecular formula is C7H12F3NO2S. The zero-order valence-corrected chi connectivity index (χ0v) is 8.53. The van der Waals surface area contributed by atoms with E-state index in [0.29, 0.717) is 17.1 Å². The SMILES string of the molecule is CC1CCCCN1S(=O)(=O)C(F)(F)F. The molecule has 1 atom stereocenters. The van der Waals surface area contributed by atoms with E-state index < -0.39 is 21.6 Å². The lowest BCUT2D eigenvalue weighted by Crippen LogP contribution is -2.47. The lowest BCUT2D eigenvalue weighted by Gasteiger charge is -2.32. The lowest BCUT2D eigenvalue weighted by atomic mass is 10.1. The maximum atomic E-state index is 12.2. The van der Waals surface area contributed by atoms with Crippen molar-refractivity contribution in [1.29, 1.82) is 0 Å². The smallest absolute Gasteiger partial charge is 0.203 e. The van der Waals surface area contributed by atoms with E-state index in [1.54, 1.807) is 0 Å². The summed E-state index contributed by atoms with van der Waals surface area (Å²) in [5.41, 5.74) is -5.17. The average molecular weight is 231 g/mol. The first-order valence-electron chi connectivity index (χ1n) is 4.35. The molecule has 0 saturated carbocycles. The van der Waals surface area contributed by atoms with Crippen LogP contribution in [0, 0.1) is 0 Å². The van der Waals surface area contributed by atoms with E-state index >= 15 is 0 Å². The zero-order valence-electron chi connectivity index (χ0n) is 7.71. The molecule has 0 radical (unpaired) electrons. The third kappa shape index (κ3) is 2.03. The minimum absolute atomic E-state index is 0.0248. The molecule has 1 aliphatic rings. The van der Waals surface area contributed by atoms with Gasteiger partial charge in [0.2, 0.25) is 0 Å². The summed E-state index contributed by atoms with van der Waals surface area (Å²) in [7, 11) is -5.12. The number of rotatable bonds is 1. The Kier molecular flexibility index (Phi) is 3.10. The molecule has 0 amide bonds. The quantitative estimate of drug-likeness (QED) is 0.689. The van der Waals surface area contributed by atoms with Crippen LogP contribution in [0.4, 0.5) is 13.2 Å². The number of hydrogen-bond acceptors (Lipinski definition) is 2. The molecule has 0 aliphatic carbocycles. The van der Waals surface area contributed by atoms with Crippen molar-refractivity contribution in [2.24, 2.45) is 0 Å². The fourth-order valence-electron chi connectivity index (χ4n) is 1.56.